The molecule has 0 aliphatic carbocycles. The number of nitrogens with one attached hydrogen (secondary N) is 2. The predicted molar refractivity (Wildman–Crippen MR) is 107 cm³/mol. The standard InChI is InChI=1S/C15H19Cl2N5O.HI/c1-4-18-15(19-8-14-21-10(3)23-22-14)20-9(2)11-5-6-12(16)13(17)7-11;/h5-7,9H,4,8H2,1-3H3,(H2,18,19,20);1H. The third-order valence-electron chi connectivity index (χ3n) is 3.09. The maximum atomic E-state index is 6.07. The molecule has 0 saturated heterocycles. The first kappa shape index (κ1) is 21.0. The number of hydrogen-bond donors (Lipinski definition) is 2. The second-order valence-electron chi connectivity index (χ2n) is 4.96. The number of aryl methyl sites for hydroxylation is 1. The van der Waals surface area contributed by atoms with Gasteiger partial charge in [-0.25, -0.2) is 4.99 Å². The third-order valence-corrected chi connectivity index (χ3v) is 3.83. The summed E-state index contributed by atoms with van der Waals surface area (Å²) in [5.74, 6) is 1.73. The Kier molecular flexibility index (Phi) is 8.79. The second-order valence-corrected chi connectivity index (χ2v) is 5.78. The van der Waals surface area contributed by atoms with Crippen molar-refractivity contribution in [2.45, 2.75) is 33.4 Å². The molecule has 1 atom stereocenters. The molecule has 1 unspecified atom stereocenters. The monoisotopic (exact) mass is 483 g/mol. The van der Waals surface area contributed by atoms with Crippen LogP contribution in [0.4, 0.5) is 0 Å². The fourth-order valence-corrected chi connectivity index (χ4v) is 2.25. The number of halogens is 3. The summed E-state index contributed by atoms with van der Waals surface area (Å²) < 4.78 is 4.93. The fourth-order valence-electron chi connectivity index (χ4n) is 1.95. The lowest BCUT2D eigenvalue weighted by Crippen LogP contribution is -2.38. The lowest BCUT2D eigenvalue weighted by molar-refractivity contribution is 0.387. The van der Waals surface area contributed by atoms with E-state index in [2.05, 4.69) is 25.8 Å². The Morgan fingerprint density at radius 2 is 2.08 bits per heavy atom. The molecule has 6 nitrogen and oxygen atoms in total. The number of aliphatic imine (C=N–C) groups is 1. The van der Waals surface area contributed by atoms with Crippen LogP contribution in [0.1, 0.15) is 37.2 Å². The van der Waals surface area contributed by atoms with Crippen molar-refractivity contribution in [3.63, 3.8) is 0 Å². The molecule has 24 heavy (non-hydrogen) atoms. The zero-order valence-corrected chi connectivity index (χ0v) is 17.5. The van der Waals surface area contributed by atoms with Crippen molar-refractivity contribution in [1.82, 2.24) is 20.8 Å². The highest BCUT2D eigenvalue weighted by molar-refractivity contribution is 14.0. The van der Waals surface area contributed by atoms with Crippen LogP contribution >= 0.6 is 47.2 Å². The quantitative estimate of drug-likeness (QED) is 0.380. The molecule has 0 aliphatic rings. The van der Waals surface area contributed by atoms with Crippen LogP contribution in [0.5, 0.6) is 0 Å². The molecule has 2 aromatic rings. The molecule has 9 heteroatoms. The summed E-state index contributed by atoms with van der Waals surface area (Å²) >= 11 is 12.0. The van der Waals surface area contributed by atoms with Crippen LogP contribution in [0.2, 0.25) is 10.0 Å². The molecule has 132 valence electrons. The van der Waals surface area contributed by atoms with E-state index in [1.165, 1.54) is 0 Å². The van der Waals surface area contributed by atoms with Crippen LogP contribution in [0.3, 0.4) is 0 Å². The van der Waals surface area contributed by atoms with Gasteiger partial charge in [0.25, 0.3) is 0 Å². The zero-order valence-electron chi connectivity index (χ0n) is 13.6. The van der Waals surface area contributed by atoms with Gasteiger partial charge in [-0.15, -0.1) is 24.0 Å². The average molecular weight is 484 g/mol. The molecule has 1 heterocycles. The number of hydrogen-bond acceptors (Lipinski definition) is 4. The summed E-state index contributed by atoms with van der Waals surface area (Å²) in [7, 11) is 0. The number of rotatable bonds is 5. The molecule has 2 rings (SSSR count). The van der Waals surface area contributed by atoms with Gasteiger partial charge in [0.2, 0.25) is 5.89 Å². The van der Waals surface area contributed by atoms with Crippen LogP contribution in [0, 0.1) is 6.92 Å². The summed E-state index contributed by atoms with van der Waals surface area (Å²) in [4.78, 5) is 8.58. The van der Waals surface area contributed by atoms with Gasteiger partial charge in [-0.2, -0.15) is 4.98 Å². The number of aromatic nitrogens is 2. The highest BCUT2D eigenvalue weighted by atomic mass is 127. The van der Waals surface area contributed by atoms with Crippen molar-refractivity contribution < 1.29 is 4.52 Å². The maximum Gasteiger partial charge on any atom is 0.223 e. The first-order chi connectivity index (χ1) is 11.0. The molecule has 0 spiro atoms. The molecule has 0 saturated carbocycles. The highest BCUT2D eigenvalue weighted by Crippen LogP contribution is 2.25. The van der Waals surface area contributed by atoms with E-state index in [9.17, 15) is 0 Å². The summed E-state index contributed by atoms with van der Waals surface area (Å²) in [5.41, 5.74) is 1.01. The number of nitrogens with zero attached hydrogens (tertiary/aromatic N) is 3. The van der Waals surface area contributed by atoms with E-state index in [1.54, 1.807) is 13.0 Å². The van der Waals surface area contributed by atoms with Crippen molar-refractivity contribution in [2.24, 2.45) is 4.99 Å². The van der Waals surface area contributed by atoms with Gasteiger partial charge in [-0.05, 0) is 31.5 Å². The van der Waals surface area contributed by atoms with Gasteiger partial charge in [0.15, 0.2) is 11.8 Å². The molecule has 0 fully saturated rings. The predicted octanol–water partition coefficient (Wildman–Crippen LogP) is 4.12. The lowest BCUT2D eigenvalue weighted by Gasteiger charge is -2.18. The fraction of sp³-hybridized carbons (Fsp3) is 0.400. The zero-order chi connectivity index (χ0) is 16.8. The third kappa shape index (κ3) is 6.10. The van der Waals surface area contributed by atoms with E-state index in [0.717, 1.165) is 12.1 Å². The molecule has 1 aromatic carbocycles. The minimum Gasteiger partial charge on any atom is -0.357 e. The summed E-state index contributed by atoms with van der Waals surface area (Å²) in [6.45, 7) is 6.84. The first-order valence-electron chi connectivity index (χ1n) is 7.28. The van der Waals surface area contributed by atoms with Crippen molar-refractivity contribution >= 4 is 53.1 Å². The minimum absolute atomic E-state index is 0. The molecule has 2 N–H and O–H groups in total. The van der Waals surface area contributed by atoms with Crippen molar-refractivity contribution in [2.75, 3.05) is 6.54 Å². The van der Waals surface area contributed by atoms with Gasteiger partial charge in [0, 0.05) is 13.5 Å². The lowest BCUT2D eigenvalue weighted by atomic mass is 10.1. The summed E-state index contributed by atoms with van der Waals surface area (Å²) in [5, 5.41) is 11.4. The highest BCUT2D eigenvalue weighted by Gasteiger charge is 2.10. The molecule has 0 bridgehead atoms. The summed E-state index contributed by atoms with van der Waals surface area (Å²) in [6.07, 6.45) is 0. The van der Waals surface area contributed by atoms with E-state index in [1.807, 2.05) is 26.0 Å². The number of benzene rings is 1. The smallest absolute Gasteiger partial charge is 0.223 e. The number of guanidine groups is 1. The topological polar surface area (TPSA) is 75.3 Å². The molecule has 1 aromatic heterocycles. The molecule has 0 radical (unpaired) electrons. The normalized spacial score (nSPS) is 12.5. The van der Waals surface area contributed by atoms with E-state index >= 15 is 0 Å². The first-order valence-corrected chi connectivity index (χ1v) is 8.04. The Hall–Kier alpha value is -1.06. The Morgan fingerprint density at radius 1 is 1.33 bits per heavy atom. The van der Waals surface area contributed by atoms with Crippen LogP contribution in [0.25, 0.3) is 0 Å². The molecular formula is C15H20Cl2IN5O. The molecule has 0 aliphatic heterocycles. The van der Waals surface area contributed by atoms with Gasteiger partial charge >= 0.3 is 0 Å². The SMILES string of the molecule is CCNC(=NCc1noc(C)n1)NC(C)c1ccc(Cl)c(Cl)c1.I. The Morgan fingerprint density at radius 3 is 2.67 bits per heavy atom. The van der Waals surface area contributed by atoms with Crippen molar-refractivity contribution in [3.05, 3.63) is 45.5 Å². The van der Waals surface area contributed by atoms with Gasteiger partial charge in [0.1, 0.15) is 6.54 Å². The van der Waals surface area contributed by atoms with Gasteiger partial charge in [0.05, 0.1) is 16.1 Å². The van der Waals surface area contributed by atoms with E-state index in [-0.39, 0.29) is 30.0 Å². The Bertz CT molecular complexity index is 692. The van der Waals surface area contributed by atoms with E-state index in [4.69, 9.17) is 27.7 Å². The maximum absolute atomic E-state index is 6.07. The largest absolute Gasteiger partial charge is 0.357 e. The molecule has 0 amide bonds. The average Bonchev–Trinajstić information content (AvgIpc) is 2.93. The summed E-state index contributed by atoms with van der Waals surface area (Å²) in [6, 6.07) is 5.56. The van der Waals surface area contributed by atoms with Gasteiger partial charge in [-0.1, -0.05) is 34.4 Å². The van der Waals surface area contributed by atoms with Crippen molar-refractivity contribution in [3.8, 4) is 0 Å². The van der Waals surface area contributed by atoms with Crippen molar-refractivity contribution in [1.29, 1.82) is 0 Å². The molecular weight excluding hydrogens is 464 g/mol. The van der Waals surface area contributed by atoms with Gasteiger partial charge < -0.3 is 15.2 Å². The Labute approximate surface area is 168 Å². The van der Waals surface area contributed by atoms with E-state index in [0.29, 0.717) is 34.3 Å². The van der Waals surface area contributed by atoms with Crippen LogP contribution in [-0.2, 0) is 6.54 Å². The van der Waals surface area contributed by atoms with Crippen LogP contribution < -0.4 is 10.6 Å². The van der Waals surface area contributed by atoms with Gasteiger partial charge in [-0.3, -0.25) is 0 Å². The van der Waals surface area contributed by atoms with Crippen LogP contribution in [0.15, 0.2) is 27.7 Å². The van der Waals surface area contributed by atoms with E-state index < -0.39 is 0 Å². The second kappa shape index (κ2) is 10.0. The Balaban J connectivity index is 0.00000288. The van der Waals surface area contributed by atoms with Crippen LogP contribution in [-0.4, -0.2) is 22.6 Å². The minimum atomic E-state index is 0.